The molecule has 0 aromatic rings. The first-order valence-corrected chi connectivity index (χ1v) is 4.71. The van der Waals surface area contributed by atoms with E-state index in [9.17, 15) is 0 Å². The molecule has 1 aliphatic rings. The van der Waals surface area contributed by atoms with Crippen molar-refractivity contribution in [2.45, 2.75) is 19.8 Å². The largest absolute Gasteiger partial charge is 0.179 e. The fourth-order valence-electron chi connectivity index (χ4n) is 1.10. The summed E-state index contributed by atoms with van der Waals surface area (Å²) in [4.78, 5) is 0. The van der Waals surface area contributed by atoms with Gasteiger partial charge in [0.05, 0.1) is 0 Å². The van der Waals surface area contributed by atoms with Gasteiger partial charge >= 0.3 is 0 Å². The molecule has 0 aliphatic heterocycles. The third-order valence-corrected chi connectivity index (χ3v) is 3.35. The van der Waals surface area contributed by atoms with Gasteiger partial charge in [0.25, 0.3) is 0 Å². The predicted molar refractivity (Wildman–Crippen MR) is 48.5 cm³/mol. The van der Waals surface area contributed by atoms with Crippen molar-refractivity contribution in [2.75, 3.05) is 11.5 Å². The van der Waals surface area contributed by atoms with Crippen LogP contribution in [0, 0.1) is 11.3 Å². The molecule has 0 nitrogen and oxygen atoms in total. The van der Waals surface area contributed by atoms with Crippen molar-refractivity contribution in [1.29, 1.82) is 0 Å². The van der Waals surface area contributed by atoms with Crippen LogP contribution in [-0.2, 0) is 0 Å². The van der Waals surface area contributed by atoms with E-state index in [-0.39, 0.29) is 0 Å². The first kappa shape index (κ1) is 7.80. The van der Waals surface area contributed by atoms with Crippen LogP contribution in [0.4, 0.5) is 0 Å². The van der Waals surface area contributed by atoms with Crippen molar-refractivity contribution < 1.29 is 0 Å². The molecular formula is C7H14S2. The average molecular weight is 162 g/mol. The molecule has 54 valence electrons. The lowest BCUT2D eigenvalue weighted by molar-refractivity contribution is 0.412. The molecule has 1 aliphatic carbocycles. The van der Waals surface area contributed by atoms with Gasteiger partial charge in [0.15, 0.2) is 0 Å². The zero-order chi connectivity index (χ0) is 6.91. The summed E-state index contributed by atoms with van der Waals surface area (Å²) in [7, 11) is 0. The minimum absolute atomic E-state index is 0.615. The van der Waals surface area contributed by atoms with Crippen LogP contribution < -0.4 is 0 Å². The Bertz CT molecular complexity index is 93.1. The van der Waals surface area contributed by atoms with Gasteiger partial charge in [0.2, 0.25) is 0 Å². The molecule has 0 N–H and O–H groups in total. The zero-order valence-electron chi connectivity index (χ0n) is 5.80. The molecule has 0 heterocycles. The van der Waals surface area contributed by atoms with Crippen LogP contribution in [0.25, 0.3) is 0 Å². The van der Waals surface area contributed by atoms with Crippen LogP contribution in [0.2, 0.25) is 0 Å². The van der Waals surface area contributed by atoms with E-state index in [0.29, 0.717) is 5.41 Å². The second-order valence-corrected chi connectivity index (χ2v) is 3.95. The second kappa shape index (κ2) is 2.75. The highest BCUT2D eigenvalue weighted by Gasteiger charge is 2.42. The van der Waals surface area contributed by atoms with E-state index in [2.05, 4.69) is 32.2 Å². The number of hydrogen-bond donors (Lipinski definition) is 2. The molecule has 0 aromatic carbocycles. The number of hydrogen-bond acceptors (Lipinski definition) is 2. The molecule has 0 aromatic heterocycles. The van der Waals surface area contributed by atoms with Gasteiger partial charge in [-0.05, 0) is 35.7 Å². The van der Waals surface area contributed by atoms with Gasteiger partial charge < -0.3 is 0 Å². The summed E-state index contributed by atoms with van der Waals surface area (Å²) in [5.74, 6) is 2.74. The van der Waals surface area contributed by atoms with Gasteiger partial charge in [0, 0.05) is 0 Å². The van der Waals surface area contributed by atoms with Crippen LogP contribution in [0.15, 0.2) is 0 Å². The van der Waals surface area contributed by atoms with Gasteiger partial charge in [-0.2, -0.15) is 25.3 Å². The maximum absolute atomic E-state index is 4.28. The smallest absolute Gasteiger partial charge is 0.00565 e. The molecular weight excluding hydrogens is 148 g/mol. The van der Waals surface area contributed by atoms with E-state index >= 15 is 0 Å². The molecule has 0 bridgehead atoms. The third kappa shape index (κ3) is 1.58. The fourth-order valence-corrected chi connectivity index (χ4v) is 2.45. The lowest BCUT2D eigenvalue weighted by atomic mass is 9.95. The molecule has 9 heavy (non-hydrogen) atoms. The van der Waals surface area contributed by atoms with Gasteiger partial charge in [0.1, 0.15) is 0 Å². The van der Waals surface area contributed by atoms with Crippen LogP contribution in [-0.4, -0.2) is 11.5 Å². The lowest BCUT2D eigenvalue weighted by Gasteiger charge is -2.18. The molecule has 1 rings (SSSR count). The summed E-state index contributed by atoms with van der Waals surface area (Å²) in [6.07, 6.45) is 2.78. The van der Waals surface area contributed by atoms with E-state index < -0.39 is 0 Å². The SMILES string of the molecule is CC1(C(CS)CS)CC1. The summed E-state index contributed by atoms with van der Waals surface area (Å²) in [5.41, 5.74) is 0.615. The van der Waals surface area contributed by atoms with Gasteiger partial charge in [-0.15, -0.1) is 0 Å². The summed E-state index contributed by atoms with van der Waals surface area (Å²) < 4.78 is 0. The minimum Gasteiger partial charge on any atom is -0.179 e. The molecule has 0 unspecified atom stereocenters. The highest BCUT2D eigenvalue weighted by Crippen LogP contribution is 2.52. The Hall–Kier alpha value is 0.700. The second-order valence-electron chi connectivity index (χ2n) is 3.22. The van der Waals surface area contributed by atoms with E-state index in [4.69, 9.17) is 0 Å². The van der Waals surface area contributed by atoms with E-state index in [0.717, 1.165) is 17.4 Å². The van der Waals surface area contributed by atoms with Crippen molar-refractivity contribution in [1.82, 2.24) is 0 Å². The van der Waals surface area contributed by atoms with Crippen molar-refractivity contribution >= 4 is 25.3 Å². The normalized spacial score (nSPS) is 22.7. The number of rotatable bonds is 3. The Balaban J connectivity index is 2.37. The molecule has 0 spiro atoms. The van der Waals surface area contributed by atoms with Crippen molar-refractivity contribution in [3.05, 3.63) is 0 Å². The standard InChI is InChI=1S/C7H14S2/c1-7(2-3-7)6(4-8)5-9/h6,8-9H,2-5H2,1H3. The van der Waals surface area contributed by atoms with Crippen molar-refractivity contribution in [3.63, 3.8) is 0 Å². The highest BCUT2D eigenvalue weighted by molar-refractivity contribution is 7.81. The topological polar surface area (TPSA) is 0 Å². The van der Waals surface area contributed by atoms with Crippen LogP contribution >= 0.6 is 25.3 Å². The van der Waals surface area contributed by atoms with Crippen LogP contribution in [0.5, 0.6) is 0 Å². The van der Waals surface area contributed by atoms with Gasteiger partial charge in [-0.3, -0.25) is 0 Å². The van der Waals surface area contributed by atoms with Crippen LogP contribution in [0.3, 0.4) is 0 Å². The van der Waals surface area contributed by atoms with Gasteiger partial charge in [-0.1, -0.05) is 6.92 Å². The highest BCUT2D eigenvalue weighted by atomic mass is 32.1. The summed E-state index contributed by atoms with van der Waals surface area (Å²) in [5, 5.41) is 0. The Labute approximate surface area is 68.2 Å². The van der Waals surface area contributed by atoms with E-state index in [1.54, 1.807) is 0 Å². The summed E-state index contributed by atoms with van der Waals surface area (Å²) >= 11 is 8.56. The first-order valence-electron chi connectivity index (χ1n) is 3.44. The molecule has 2 heteroatoms. The molecule has 0 radical (unpaired) electrons. The molecule has 1 saturated carbocycles. The Kier molecular flexibility index (Phi) is 2.38. The fraction of sp³-hybridized carbons (Fsp3) is 1.00. The third-order valence-electron chi connectivity index (χ3n) is 2.47. The average Bonchev–Trinajstić information content (AvgIpc) is 2.52. The predicted octanol–water partition coefficient (Wildman–Crippen LogP) is 2.26. The maximum atomic E-state index is 4.28. The summed E-state index contributed by atoms with van der Waals surface area (Å²) in [6, 6.07) is 0. The Morgan fingerprint density at radius 2 is 1.78 bits per heavy atom. The summed E-state index contributed by atoms with van der Waals surface area (Å²) in [6.45, 7) is 2.34. The quantitative estimate of drug-likeness (QED) is 0.584. The van der Waals surface area contributed by atoms with E-state index in [1.807, 2.05) is 0 Å². The van der Waals surface area contributed by atoms with Crippen LogP contribution in [0.1, 0.15) is 19.8 Å². The molecule has 1 fully saturated rings. The molecule has 0 amide bonds. The molecule has 0 saturated heterocycles. The zero-order valence-corrected chi connectivity index (χ0v) is 7.59. The Morgan fingerprint density at radius 3 is 1.89 bits per heavy atom. The van der Waals surface area contributed by atoms with Crippen molar-refractivity contribution in [2.24, 2.45) is 11.3 Å². The van der Waals surface area contributed by atoms with Gasteiger partial charge in [-0.25, -0.2) is 0 Å². The Morgan fingerprint density at radius 1 is 1.33 bits per heavy atom. The van der Waals surface area contributed by atoms with E-state index in [1.165, 1.54) is 12.8 Å². The van der Waals surface area contributed by atoms with Crippen molar-refractivity contribution in [3.8, 4) is 0 Å². The lowest BCUT2D eigenvalue weighted by Crippen LogP contribution is -2.15. The molecule has 0 atom stereocenters. The number of thiol groups is 2. The first-order chi connectivity index (χ1) is 4.23. The monoisotopic (exact) mass is 162 g/mol. The minimum atomic E-state index is 0.615. The maximum Gasteiger partial charge on any atom is -0.00565 e.